The van der Waals surface area contributed by atoms with Crippen molar-refractivity contribution in [3.05, 3.63) is 40.5 Å². The van der Waals surface area contributed by atoms with Gasteiger partial charge in [-0.3, -0.25) is 14.5 Å². The van der Waals surface area contributed by atoms with E-state index in [1.54, 1.807) is 37.3 Å². The molecule has 0 unspecified atom stereocenters. The summed E-state index contributed by atoms with van der Waals surface area (Å²) in [6, 6.07) is 7.03. The van der Waals surface area contributed by atoms with Crippen LogP contribution in [0.15, 0.2) is 35.0 Å². The van der Waals surface area contributed by atoms with Gasteiger partial charge in [0.25, 0.3) is 5.91 Å². The predicted octanol–water partition coefficient (Wildman–Crippen LogP) is 2.42. The minimum Gasteiger partial charge on any atom is -0.481 e. The van der Waals surface area contributed by atoms with Crippen LogP contribution < -0.4 is 0 Å². The number of aliphatic carboxylic acids is 1. The fraction of sp³-hybridized carbons (Fsp3) is 0.214. The molecule has 1 amide bonds. The molecule has 0 aromatic heterocycles. The van der Waals surface area contributed by atoms with Crippen LogP contribution >= 0.6 is 11.6 Å². The van der Waals surface area contributed by atoms with E-state index in [2.05, 4.69) is 4.99 Å². The summed E-state index contributed by atoms with van der Waals surface area (Å²) in [7, 11) is 0. The summed E-state index contributed by atoms with van der Waals surface area (Å²) < 4.78 is 0. The number of carboxylic acid groups (broad SMARTS) is 1. The van der Waals surface area contributed by atoms with Crippen LogP contribution in [0.1, 0.15) is 18.9 Å². The topological polar surface area (TPSA) is 70.0 Å². The van der Waals surface area contributed by atoms with Gasteiger partial charge in [-0.25, -0.2) is 4.99 Å². The average Bonchev–Trinajstić information content (AvgIpc) is 2.65. The van der Waals surface area contributed by atoms with Crippen LogP contribution in [0.25, 0.3) is 6.08 Å². The minimum absolute atomic E-state index is 0.104. The van der Waals surface area contributed by atoms with Gasteiger partial charge in [-0.2, -0.15) is 0 Å². The number of amides is 1. The molecule has 5 nitrogen and oxygen atoms in total. The van der Waals surface area contributed by atoms with Crippen LogP contribution in [0.4, 0.5) is 0 Å². The van der Waals surface area contributed by atoms with Crippen molar-refractivity contribution in [2.75, 3.05) is 6.54 Å². The van der Waals surface area contributed by atoms with Crippen LogP contribution in [-0.4, -0.2) is 34.3 Å². The number of nitrogens with zero attached hydrogens (tertiary/aromatic N) is 2. The first kappa shape index (κ1) is 14.3. The Kier molecular flexibility index (Phi) is 4.20. The van der Waals surface area contributed by atoms with E-state index in [1.165, 1.54) is 4.90 Å². The van der Waals surface area contributed by atoms with Crippen LogP contribution in [0, 0.1) is 0 Å². The number of benzene rings is 1. The zero-order valence-electron chi connectivity index (χ0n) is 10.8. The molecule has 0 fully saturated rings. The predicted molar refractivity (Wildman–Crippen MR) is 76.5 cm³/mol. The lowest BCUT2D eigenvalue weighted by molar-refractivity contribution is -0.137. The van der Waals surface area contributed by atoms with Crippen LogP contribution in [0.3, 0.4) is 0 Å². The van der Waals surface area contributed by atoms with E-state index < -0.39 is 5.97 Å². The van der Waals surface area contributed by atoms with Gasteiger partial charge in [-0.1, -0.05) is 23.7 Å². The second-order valence-electron chi connectivity index (χ2n) is 4.34. The fourth-order valence-corrected chi connectivity index (χ4v) is 1.98. The number of halogens is 1. The molecule has 104 valence electrons. The third-order valence-corrected chi connectivity index (χ3v) is 3.11. The van der Waals surface area contributed by atoms with Gasteiger partial charge in [0.2, 0.25) is 0 Å². The van der Waals surface area contributed by atoms with Gasteiger partial charge in [-0.15, -0.1) is 0 Å². The normalized spacial score (nSPS) is 16.7. The maximum absolute atomic E-state index is 12.1. The van der Waals surface area contributed by atoms with Crippen molar-refractivity contribution >= 4 is 35.4 Å². The minimum atomic E-state index is -0.944. The summed E-state index contributed by atoms with van der Waals surface area (Å²) in [6.07, 6.45) is 1.55. The molecular formula is C14H13ClN2O3. The number of amidine groups is 1. The lowest BCUT2D eigenvalue weighted by Crippen LogP contribution is -2.32. The first-order valence-corrected chi connectivity index (χ1v) is 6.41. The third kappa shape index (κ3) is 3.24. The van der Waals surface area contributed by atoms with Crippen LogP contribution in [-0.2, 0) is 9.59 Å². The molecule has 1 aliphatic heterocycles. The second kappa shape index (κ2) is 5.88. The molecule has 1 heterocycles. The molecule has 1 aromatic carbocycles. The Morgan fingerprint density at radius 3 is 2.65 bits per heavy atom. The van der Waals surface area contributed by atoms with Crippen molar-refractivity contribution in [3.8, 4) is 0 Å². The Morgan fingerprint density at radius 2 is 2.05 bits per heavy atom. The summed E-state index contributed by atoms with van der Waals surface area (Å²) in [6.45, 7) is 1.81. The molecule has 0 atom stereocenters. The molecule has 0 saturated carbocycles. The smallest absolute Gasteiger partial charge is 0.305 e. The molecule has 1 N–H and O–H groups in total. The molecular weight excluding hydrogens is 280 g/mol. The van der Waals surface area contributed by atoms with Gasteiger partial charge < -0.3 is 5.11 Å². The van der Waals surface area contributed by atoms with Crippen molar-refractivity contribution in [1.29, 1.82) is 0 Å². The zero-order chi connectivity index (χ0) is 14.7. The molecule has 1 aromatic rings. The molecule has 20 heavy (non-hydrogen) atoms. The van der Waals surface area contributed by atoms with E-state index in [-0.39, 0.29) is 18.9 Å². The molecule has 0 aliphatic carbocycles. The summed E-state index contributed by atoms with van der Waals surface area (Å²) >= 11 is 5.80. The first-order chi connectivity index (χ1) is 9.47. The average molecular weight is 293 g/mol. The van der Waals surface area contributed by atoms with E-state index in [0.29, 0.717) is 16.6 Å². The van der Waals surface area contributed by atoms with Crippen molar-refractivity contribution in [3.63, 3.8) is 0 Å². The number of carbonyl (C=O) groups is 2. The van der Waals surface area contributed by atoms with Gasteiger partial charge in [0.1, 0.15) is 11.5 Å². The summed E-state index contributed by atoms with van der Waals surface area (Å²) in [5.41, 5.74) is 1.12. The number of carbonyl (C=O) groups excluding carboxylic acids is 1. The largest absolute Gasteiger partial charge is 0.481 e. The summed E-state index contributed by atoms with van der Waals surface area (Å²) in [5, 5.41) is 9.29. The highest BCUT2D eigenvalue weighted by Gasteiger charge is 2.27. The highest BCUT2D eigenvalue weighted by molar-refractivity contribution is 6.30. The lowest BCUT2D eigenvalue weighted by atomic mass is 10.2. The lowest BCUT2D eigenvalue weighted by Gasteiger charge is -2.13. The first-order valence-electron chi connectivity index (χ1n) is 6.03. The van der Waals surface area contributed by atoms with E-state index in [4.69, 9.17) is 16.7 Å². The standard InChI is InChI=1S/C14H13ClN2O3/c1-9-16-12(8-10-2-4-11(15)5-3-10)14(20)17(9)7-6-13(18)19/h2-5,8H,6-7H2,1H3,(H,18,19)/b12-8+. The number of rotatable bonds is 4. The maximum atomic E-state index is 12.1. The van der Waals surface area contributed by atoms with Gasteiger partial charge in [-0.05, 0) is 30.7 Å². The second-order valence-corrected chi connectivity index (χ2v) is 4.78. The Balaban J connectivity index is 2.17. The maximum Gasteiger partial charge on any atom is 0.305 e. The molecule has 0 saturated heterocycles. The quantitative estimate of drug-likeness (QED) is 0.866. The SMILES string of the molecule is CC1=N/C(=C/c2ccc(Cl)cc2)C(=O)N1CCC(=O)O. The van der Waals surface area contributed by atoms with Crippen molar-refractivity contribution < 1.29 is 14.7 Å². The Bertz CT molecular complexity index is 605. The summed E-state index contributed by atoms with van der Waals surface area (Å²) in [5.74, 6) is -0.712. The monoisotopic (exact) mass is 292 g/mol. The van der Waals surface area contributed by atoms with Gasteiger partial charge in [0, 0.05) is 11.6 Å². The number of carboxylic acids is 1. The number of aliphatic imine (C=N–C) groups is 1. The van der Waals surface area contributed by atoms with Gasteiger partial charge in [0.05, 0.1) is 6.42 Å². The van der Waals surface area contributed by atoms with Crippen LogP contribution in [0.2, 0.25) is 5.02 Å². The molecule has 1 aliphatic rings. The highest BCUT2D eigenvalue weighted by atomic mass is 35.5. The van der Waals surface area contributed by atoms with Crippen molar-refractivity contribution in [2.45, 2.75) is 13.3 Å². The highest BCUT2D eigenvalue weighted by Crippen LogP contribution is 2.19. The fourth-order valence-electron chi connectivity index (χ4n) is 1.85. The van der Waals surface area contributed by atoms with Crippen molar-refractivity contribution in [1.82, 2.24) is 4.90 Å². The Hall–Kier alpha value is -2.14. The third-order valence-electron chi connectivity index (χ3n) is 2.86. The van der Waals surface area contributed by atoms with E-state index >= 15 is 0 Å². The van der Waals surface area contributed by atoms with Gasteiger partial charge in [0.15, 0.2) is 0 Å². The molecule has 2 rings (SSSR count). The molecule has 0 spiro atoms. The zero-order valence-corrected chi connectivity index (χ0v) is 11.6. The van der Waals surface area contributed by atoms with Gasteiger partial charge >= 0.3 is 5.97 Å². The summed E-state index contributed by atoms with van der Waals surface area (Å²) in [4.78, 5) is 28.2. The Morgan fingerprint density at radius 1 is 1.40 bits per heavy atom. The van der Waals surface area contributed by atoms with Crippen molar-refractivity contribution in [2.24, 2.45) is 4.99 Å². The van der Waals surface area contributed by atoms with E-state index in [9.17, 15) is 9.59 Å². The van der Waals surface area contributed by atoms with Crippen LogP contribution in [0.5, 0.6) is 0 Å². The van der Waals surface area contributed by atoms with E-state index in [0.717, 1.165) is 5.56 Å². The Labute approximate surface area is 121 Å². The molecule has 0 radical (unpaired) electrons. The van der Waals surface area contributed by atoms with E-state index in [1.807, 2.05) is 0 Å². The molecule has 0 bridgehead atoms. The molecule has 6 heteroatoms. The number of hydrogen-bond acceptors (Lipinski definition) is 3. The number of hydrogen-bond donors (Lipinski definition) is 1.